The van der Waals surface area contributed by atoms with Crippen molar-refractivity contribution in [2.75, 3.05) is 19.8 Å². The first kappa shape index (κ1) is 20.6. The molecule has 2 aromatic rings. The van der Waals surface area contributed by atoms with Crippen LogP contribution in [0.3, 0.4) is 0 Å². The molecule has 5 nitrogen and oxygen atoms in total. The Kier molecular flexibility index (Phi) is 7.99. The van der Waals surface area contributed by atoms with Crippen LogP contribution in [0.2, 0.25) is 0 Å². The van der Waals surface area contributed by atoms with Crippen LogP contribution in [0.1, 0.15) is 44.9 Å². The second kappa shape index (κ2) is 10.5. The van der Waals surface area contributed by atoms with Gasteiger partial charge in [-0.1, -0.05) is 25.1 Å². The molecule has 2 aromatic carbocycles. The third kappa shape index (κ3) is 6.20. The fraction of sp³-hybridized carbons (Fsp3) is 0.409. The smallest absolute Gasteiger partial charge is 0.258 e. The van der Waals surface area contributed by atoms with Crippen molar-refractivity contribution in [3.8, 4) is 17.2 Å². The number of hydrogen-bond acceptors (Lipinski definition) is 4. The molecular formula is C22H29NO4. The molecular weight excluding hydrogens is 342 g/mol. The third-order valence-corrected chi connectivity index (χ3v) is 4.15. The van der Waals surface area contributed by atoms with Crippen molar-refractivity contribution in [2.45, 2.75) is 40.2 Å². The van der Waals surface area contributed by atoms with Crippen LogP contribution in [0.25, 0.3) is 0 Å². The lowest BCUT2D eigenvalue weighted by atomic mass is 10.1. The number of nitrogens with one attached hydrogen (secondary N) is 1. The predicted octanol–water partition coefficient (Wildman–Crippen LogP) is 4.30. The Bertz CT molecular complexity index is 728. The second-order valence-corrected chi connectivity index (χ2v) is 6.15. The minimum Gasteiger partial charge on any atom is -0.490 e. The first-order valence-electron chi connectivity index (χ1n) is 9.48. The van der Waals surface area contributed by atoms with Gasteiger partial charge in [0, 0.05) is 0 Å². The molecule has 0 fully saturated rings. The van der Waals surface area contributed by atoms with E-state index in [-0.39, 0.29) is 18.6 Å². The van der Waals surface area contributed by atoms with E-state index in [9.17, 15) is 4.79 Å². The molecule has 0 heterocycles. The second-order valence-electron chi connectivity index (χ2n) is 6.15. The van der Waals surface area contributed by atoms with E-state index in [1.54, 1.807) is 0 Å². The summed E-state index contributed by atoms with van der Waals surface area (Å²) in [6.07, 6.45) is 0.976. The van der Waals surface area contributed by atoms with Crippen LogP contribution in [0.4, 0.5) is 0 Å². The minimum absolute atomic E-state index is 0.0227. The summed E-state index contributed by atoms with van der Waals surface area (Å²) < 4.78 is 16.8. The lowest BCUT2D eigenvalue weighted by Crippen LogP contribution is -2.31. The maximum Gasteiger partial charge on any atom is 0.258 e. The number of benzene rings is 2. The highest BCUT2D eigenvalue weighted by molar-refractivity contribution is 5.78. The summed E-state index contributed by atoms with van der Waals surface area (Å²) in [4.78, 5) is 12.2. The van der Waals surface area contributed by atoms with Crippen molar-refractivity contribution in [1.82, 2.24) is 5.32 Å². The molecule has 0 spiro atoms. The van der Waals surface area contributed by atoms with Crippen molar-refractivity contribution >= 4 is 5.91 Å². The SMILES string of the molecule is CCOc1ccc(C(C)NC(=O)COc2ccc(CC)cc2)cc1OCC. The maximum absolute atomic E-state index is 12.2. The van der Waals surface area contributed by atoms with Gasteiger partial charge in [0.15, 0.2) is 18.1 Å². The van der Waals surface area contributed by atoms with Crippen LogP contribution in [-0.2, 0) is 11.2 Å². The van der Waals surface area contributed by atoms with Gasteiger partial charge in [-0.15, -0.1) is 0 Å². The molecule has 1 atom stereocenters. The van der Waals surface area contributed by atoms with Crippen molar-refractivity contribution < 1.29 is 19.0 Å². The topological polar surface area (TPSA) is 56.8 Å². The highest BCUT2D eigenvalue weighted by atomic mass is 16.5. The number of aryl methyl sites for hydroxylation is 1. The van der Waals surface area contributed by atoms with Gasteiger partial charge in [-0.25, -0.2) is 0 Å². The molecule has 0 aliphatic heterocycles. The van der Waals surface area contributed by atoms with E-state index in [4.69, 9.17) is 14.2 Å². The van der Waals surface area contributed by atoms with E-state index in [2.05, 4.69) is 12.2 Å². The van der Waals surface area contributed by atoms with Gasteiger partial charge in [0.05, 0.1) is 19.3 Å². The lowest BCUT2D eigenvalue weighted by Gasteiger charge is -2.17. The van der Waals surface area contributed by atoms with Crippen molar-refractivity contribution in [2.24, 2.45) is 0 Å². The summed E-state index contributed by atoms with van der Waals surface area (Å²) in [7, 11) is 0. The van der Waals surface area contributed by atoms with Crippen molar-refractivity contribution in [3.63, 3.8) is 0 Å². The van der Waals surface area contributed by atoms with Crippen LogP contribution in [0.5, 0.6) is 17.2 Å². The summed E-state index contributed by atoms with van der Waals surface area (Å²) in [6, 6.07) is 13.3. The van der Waals surface area contributed by atoms with Gasteiger partial charge in [0.1, 0.15) is 5.75 Å². The Balaban J connectivity index is 1.93. The van der Waals surface area contributed by atoms with E-state index >= 15 is 0 Å². The monoisotopic (exact) mass is 371 g/mol. The zero-order valence-corrected chi connectivity index (χ0v) is 16.6. The molecule has 1 unspecified atom stereocenters. The van der Waals surface area contributed by atoms with Gasteiger partial charge in [-0.3, -0.25) is 4.79 Å². The van der Waals surface area contributed by atoms with Gasteiger partial charge < -0.3 is 19.5 Å². The summed E-state index contributed by atoms with van der Waals surface area (Å²) in [5, 5.41) is 2.95. The van der Waals surface area contributed by atoms with Crippen molar-refractivity contribution in [1.29, 1.82) is 0 Å². The molecule has 146 valence electrons. The highest BCUT2D eigenvalue weighted by Gasteiger charge is 2.13. The predicted molar refractivity (Wildman–Crippen MR) is 107 cm³/mol. The first-order chi connectivity index (χ1) is 13.1. The highest BCUT2D eigenvalue weighted by Crippen LogP contribution is 2.30. The minimum atomic E-state index is -0.172. The Morgan fingerprint density at radius 3 is 2.22 bits per heavy atom. The van der Waals surface area contributed by atoms with Crippen LogP contribution in [0.15, 0.2) is 42.5 Å². The van der Waals surface area contributed by atoms with Crippen LogP contribution in [0, 0.1) is 0 Å². The van der Waals surface area contributed by atoms with Gasteiger partial charge >= 0.3 is 0 Å². The average molecular weight is 371 g/mol. The van der Waals surface area contributed by atoms with E-state index in [1.807, 2.05) is 63.2 Å². The van der Waals surface area contributed by atoms with E-state index in [0.29, 0.717) is 30.5 Å². The fourth-order valence-electron chi connectivity index (χ4n) is 2.67. The number of carbonyl (C=O) groups excluding carboxylic acids is 1. The number of amides is 1. The molecule has 5 heteroatoms. The molecule has 1 N–H and O–H groups in total. The number of hydrogen-bond donors (Lipinski definition) is 1. The standard InChI is InChI=1S/C22H29NO4/c1-5-17-8-11-19(12-9-17)27-15-22(24)23-16(4)18-10-13-20(25-6-2)21(14-18)26-7-3/h8-14,16H,5-7,15H2,1-4H3,(H,23,24). The van der Waals surface area contributed by atoms with E-state index in [0.717, 1.165) is 12.0 Å². The quantitative estimate of drug-likeness (QED) is 0.676. The van der Waals surface area contributed by atoms with Gasteiger partial charge in [-0.05, 0) is 62.6 Å². The van der Waals surface area contributed by atoms with Crippen LogP contribution in [-0.4, -0.2) is 25.7 Å². The van der Waals surface area contributed by atoms with E-state index < -0.39 is 0 Å². The molecule has 0 aliphatic carbocycles. The average Bonchev–Trinajstić information content (AvgIpc) is 2.68. The molecule has 0 bridgehead atoms. The number of ether oxygens (including phenoxy) is 3. The Morgan fingerprint density at radius 1 is 0.926 bits per heavy atom. The molecule has 0 saturated heterocycles. The zero-order valence-electron chi connectivity index (χ0n) is 16.6. The Morgan fingerprint density at radius 2 is 1.59 bits per heavy atom. The van der Waals surface area contributed by atoms with Crippen LogP contribution < -0.4 is 19.5 Å². The fourth-order valence-corrected chi connectivity index (χ4v) is 2.67. The molecule has 0 saturated carbocycles. The summed E-state index contributed by atoms with van der Waals surface area (Å²) >= 11 is 0. The molecule has 27 heavy (non-hydrogen) atoms. The number of carbonyl (C=O) groups is 1. The van der Waals surface area contributed by atoms with Gasteiger partial charge in [0.25, 0.3) is 5.91 Å². The van der Waals surface area contributed by atoms with E-state index in [1.165, 1.54) is 5.56 Å². The Labute approximate surface area is 161 Å². The van der Waals surface area contributed by atoms with Crippen LogP contribution >= 0.6 is 0 Å². The Hall–Kier alpha value is -2.69. The number of rotatable bonds is 10. The maximum atomic E-state index is 12.2. The molecule has 1 amide bonds. The summed E-state index contributed by atoms with van der Waals surface area (Å²) in [5.74, 6) is 1.91. The molecule has 0 aromatic heterocycles. The van der Waals surface area contributed by atoms with Gasteiger partial charge in [-0.2, -0.15) is 0 Å². The van der Waals surface area contributed by atoms with Gasteiger partial charge in [0.2, 0.25) is 0 Å². The lowest BCUT2D eigenvalue weighted by molar-refractivity contribution is -0.123. The zero-order chi connectivity index (χ0) is 19.6. The van der Waals surface area contributed by atoms with Crippen molar-refractivity contribution in [3.05, 3.63) is 53.6 Å². The molecule has 0 aliphatic rings. The summed E-state index contributed by atoms with van der Waals surface area (Å²) in [5.41, 5.74) is 2.18. The summed E-state index contributed by atoms with van der Waals surface area (Å²) in [6.45, 7) is 8.99. The molecule has 0 radical (unpaired) electrons. The third-order valence-electron chi connectivity index (χ3n) is 4.15. The first-order valence-corrected chi connectivity index (χ1v) is 9.48. The normalized spacial score (nSPS) is 11.6. The largest absolute Gasteiger partial charge is 0.490 e. The molecule has 2 rings (SSSR count).